The molecule has 20 heavy (non-hydrogen) atoms. The van der Waals surface area contributed by atoms with Crippen molar-refractivity contribution in [2.75, 3.05) is 20.7 Å². The van der Waals surface area contributed by atoms with E-state index in [2.05, 4.69) is 27.3 Å². The zero-order valence-corrected chi connectivity index (χ0v) is 15.1. The SMILES string of the molecule is CN=C(NCCCCCCC(=O)OC)NC1CC1C.I. The normalized spacial score (nSPS) is 20.9. The van der Waals surface area contributed by atoms with Crippen LogP contribution >= 0.6 is 24.0 Å². The molecule has 1 rings (SSSR count). The second-order valence-corrected chi connectivity index (χ2v) is 5.20. The minimum Gasteiger partial charge on any atom is -0.469 e. The van der Waals surface area contributed by atoms with Gasteiger partial charge in [-0.2, -0.15) is 0 Å². The van der Waals surface area contributed by atoms with Crippen LogP contribution < -0.4 is 10.6 Å². The summed E-state index contributed by atoms with van der Waals surface area (Å²) >= 11 is 0. The first-order valence-electron chi connectivity index (χ1n) is 7.21. The molecule has 0 heterocycles. The fourth-order valence-corrected chi connectivity index (χ4v) is 1.95. The van der Waals surface area contributed by atoms with Crippen LogP contribution in [0, 0.1) is 5.92 Å². The van der Waals surface area contributed by atoms with E-state index in [1.54, 1.807) is 7.05 Å². The number of esters is 1. The minimum atomic E-state index is -0.110. The highest BCUT2D eigenvalue weighted by Crippen LogP contribution is 2.28. The van der Waals surface area contributed by atoms with Gasteiger partial charge in [0.15, 0.2) is 5.96 Å². The van der Waals surface area contributed by atoms with Gasteiger partial charge >= 0.3 is 5.97 Å². The molecule has 2 N–H and O–H groups in total. The van der Waals surface area contributed by atoms with Crippen molar-refractivity contribution in [1.29, 1.82) is 0 Å². The van der Waals surface area contributed by atoms with E-state index in [0.717, 1.165) is 44.1 Å². The molecule has 2 atom stereocenters. The van der Waals surface area contributed by atoms with Crippen LogP contribution in [0.3, 0.4) is 0 Å². The first-order valence-corrected chi connectivity index (χ1v) is 7.21. The van der Waals surface area contributed by atoms with Crippen LogP contribution in [-0.4, -0.2) is 38.7 Å². The molecule has 1 aliphatic carbocycles. The number of carbonyl (C=O) groups is 1. The van der Waals surface area contributed by atoms with Crippen molar-refractivity contribution < 1.29 is 9.53 Å². The Morgan fingerprint density at radius 1 is 1.30 bits per heavy atom. The third-order valence-electron chi connectivity index (χ3n) is 3.48. The van der Waals surface area contributed by atoms with Crippen LogP contribution in [0.5, 0.6) is 0 Å². The van der Waals surface area contributed by atoms with E-state index in [1.807, 2.05) is 0 Å². The molecule has 0 aliphatic heterocycles. The van der Waals surface area contributed by atoms with Crippen LogP contribution in [-0.2, 0) is 9.53 Å². The molecule has 0 aromatic heterocycles. The number of ether oxygens (including phenoxy) is 1. The molecule has 2 unspecified atom stereocenters. The van der Waals surface area contributed by atoms with Crippen molar-refractivity contribution in [1.82, 2.24) is 10.6 Å². The Morgan fingerprint density at radius 3 is 2.50 bits per heavy atom. The molecule has 1 aliphatic rings. The molecule has 0 aromatic rings. The summed E-state index contributed by atoms with van der Waals surface area (Å²) in [6.45, 7) is 3.17. The Bertz CT molecular complexity index is 311. The van der Waals surface area contributed by atoms with E-state index in [4.69, 9.17) is 0 Å². The highest BCUT2D eigenvalue weighted by molar-refractivity contribution is 14.0. The van der Waals surface area contributed by atoms with Crippen LogP contribution in [0.25, 0.3) is 0 Å². The van der Waals surface area contributed by atoms with Crippen molar-refractivity contribution in [2.45, 2.75) is 51.5 Å². The molecular formula is C14H28IN3O2. The second-order valence-electron chi connectivity index (χ2n) is 5.20. The molecule has 0 bridgehead atoms. The number of nitrogens with one attached hydrogen (secondary N) is 2. The van der Waals surface area contributed by atoms with Crippen molar-refractivity contribution in [3.8, 4) is 0 Å². The Morgan fingerprint density at radius 2 is 1.95 bits per heavy atom. The van der Waals surface area contributed by atoms with Crippen molar-refractivity contribution >= 4 is 35.9 Å². The van der Waals surface area contributed by atoms with E-state index >= 15 is 0 Å². The first-order chi connectivity index (χ1) is 9.17. The molecule has 0 spiro atoms. The summed E-state index contributed by atoms with van der Waals surface area (Å²) in [5, 5.41) is 6.71. The Hall–Kier alpha value is -0.530. The van der Waals surface area contributed by atoms with E-state index in [-0.39, 0.29) is 29.9 Å². The average Bonchev–Trinajstić information content (AvgIpc) is 3.11. The summed E-state index contributed by atoms with van der Waals surface area (Å²) in [7, 11) is 3.24. The van der Waals surface area contributed by atoms with Crippen LogP contribution in [0.1, 0.15) is 45.4 Å². The summed E-state index contributed by atoms with van der Waals surface area (Å²) in [6, 6.07) is 0.603. The maximum atomic E-state index is 10.9. The van der Waals surface area contributed by atoms with E-state index in [0.29, 0.717) is 12.5 Å². The van der Waals surface area contributed by atoms with Crippen molar-refractivity contribution in [3.63, 3.8) is 0 Å². The number of aliphatic imine (C=N–C) groups is 1. The van der Waals surface area contributed by atoms with Crippen LogP contribution in [0.15, 0.2) is 4.99 Å². The monoisotopic (exact) mass is 397 g/mol. The average molecular weight is 397 g/mol. The summed E-state index contributed by atoms with van der Waals surface area (Å²) in [6.07, 6.45) is 5.99. The van der Waals surface area contributed by atoms with Gasteiger partial charge < -0.3 is 15.4 Å². The third kappa shape index (κ3) is 8.60. The number of guanidine groups is 1. The van der Waals surface area contributed by atoms with Gasteiger partial charge in [-0.25, -0.2) is 0 Å². The largest absolute Gasteiger partial charge is 0.469 e. The van der Waals surface area contributed by atoms with Gasteiger partial charge in [0.05, 0.1) is 7.11 Å². The fourth-order valence-electron chi connectivity index (χ4n) is 1.95. The Labute approximate surface area is 139 Å². The lowest BCUT2D eigenvalue weighted by Gasteiger charge is -2.11. The van der Waals surface area contributed by atoms with Gasteiger partial charge in [-0.15, -0.1) is 24.0 Å². The van der Waals surface area contributed by atoms with Gasteiger partial charge in [-0.3, -0.25) is 9.79 Å². The zero-order chi connectivity index (χ0) is 14.1. The topological polar surface area (TPSA) is 62.7 Å². The number of hydrogen-bond acceptors (Lipinski definition) is 3. The van der Waals surface area contributed by atoms with E-state index in [1.165, 1.54) is 13.5 Å². The molecule has 0 saturated heterocycles. The maximum absolute atomic E-state index is 10.9. The zero-order valence-electron chi connectivity index (χ0n) is 12.8. The summed E-state index contributed by atoms with van der Waals surface area (Å²) < 4.78 is 4.60. The molecule has 118 valence electrons. The summed E-state index contributed by atoms with van der Waals surface area (Å²) in [5.41, 5.74) is 0. The minimum absolute atomic E-state index is 0. The standard InChI is InChI=1S/C14H27N3O2.HI/c1-11-10-12(11)17-14(15-2)16-9-7-5-4-6-8-13(18)19-3;/h11-12H,4-10H2,1-3H3,(H2,15,16,17);1H. The maximum Gasteiger partial charge on any atom is 0.305 e. The quantitative estimate of drug-likeness (QED) is 0.217. The number of carbonyl (C=O) groups excluding carboxylic acids is 1. The van der Waals surface area contributed by atoms with Crippen LogP contribution in [0.4, 0.5) is 0 Å². The molecule has 0 radical (unpaired) electrons. The van der Waals surface area contributed by atoms with Gasteiger partial charge in [0.1, 0.15) is 0 Å². The van der Waals surface area contributed by atoms with Crippen molar-refractivity contribution in [3.05, 3.63) is 0 Å². The molecule has 1 saturated carbocycles. The molecule has 5 nitrogen and oxygen atoms in total. The second kappa shape index (κ2) is 11.2. The lowest BCUT2D eigenvalue weighted by atomic mass is 10.1. The molecule has 0 amide bonds. The first kappa shape index (κ1) is 19.5. The molecule has 0 aromatic carbocycles. The number of halogens is 1. The highest BCUT2D eigenvalue weighted by Gasteiger charge is 2.32. The van der Waals surface area contributed by atoms with Gasteiger partial charge in [0.2, 0.25) is 0 Å². The van der Waals surface area contributed by atoms with Gasteiger partial charge in [-0.1, -0.05) is 19.8 Å². The van der Waals surface area contributed by atoms with Crippen molar-refractivity contribution in [2.24, 2.45) is 10.9 Å². The predicted octanol–water partition coefficient (Wildman–Crippen LogP) is 2.30. The number of rotatable bonds is 8. The molecule has 1 fully saturated rings. The van der Waals surface area contributed by atoms with Gasteiger partial charge in [-0.05, 0) is 25.2 Å². The van der Waals surface area contributed by atoms with E-state index in [9.17, 15) is 4.79 Å². The number of unbranched alkanes of at least 4 members (excludes halogenated alkanes) is 3. The van der Waals surface area contributed by atoms with Gasteiger partial charge in [0.25, 0.3) is 0 Å². The number of methoxy groups -OCH3 is 1. The lowest BCUT2D eigenvalue weighted by molar-refractivity contribution is -0.140. The number of nitrogens with zero attached hydrogens (tertiary/aromatic N) is 1. The smallest absolute Gasteiger partial charge is 0.305 e. The van der Waals surface area contributed by atoms with Crippen LogP contribution in [0.2, 0.25) is 0 Å². The van der Waals surface area contributed by atoms with E-state index < -0.39 is 0 Å². The Kier molecular flexibility index (Phi) is 10.9. The fraction of sp³-hybridized carbons (Fsp3) is 0.857. The summed E-state index contributed by atoms with van der Waals surface area (Å²) in [4.78, 5) is 15.1. The summed E-state index contributed by atoms with van der Waals surface area (Å²) in [5.74, 6) is 1.57. The third-order valence-corrected chi connectivity index (χ3v) is 3.48. The molecular weight excluding hydrogens is 369 g/mol. The van der Waals surface area contributed by atoms with Gasteiger partial charge in [0, 0.05) is 26.1 Å². The number of hydrogen-bond donors (Lipinski definition) is 2. The molecule has 6 heteroatoms. The highest BCUT2D eigenvalue weighted by atomic mass is 127. The predicted molar refractivity (Wildman–Crippen MR) is 92.6 cm³/mol. The Balaban J connectivity index is 0.00000361. The lowest BCUT2D eigenvalue weighted by Crippen LogP contribution is -2.39.